The van der Waals surface area contributed by atoms with Crippen molar-refractivity contribution in [3.8, 4) is 11.3 Å². The molecule has 2 amide bonds. The summed E-state index contributed by atoms with van der Waals surface area (Å²) in [6.45, 7) is 4.74. The summed E-state index contributed by atoms with van der Waals surface area (Å²) in [6, 6.07) is 15.8. The van der Waals surface area contributed by atoms with Crippen molar-refractivity contribution >= 4 is 57.4 Å². The Kier molecular flexibility index (Phi) is 7.28. The number of esters is 1. The molecule has 3 aliphatic rings. The highest BCUT2D eigenvalue weighted by atomic mass is 35.5. The summed E-state index contributed by atoms with van der Waals surface area (Å²) in [5.74, 6) is -2.12. The Morgan fingerprint density at radius 3 is 2.45 bits per heavy atom. The number of nitro groups is 1. The molecule has 4 unspecified atom stereocenters. The van der Waals surface area contributed by atoms with Crippen LogP contribution in [0.1, 0.15) is 45.2 Å². The number of halogens is 1. The molecule has 1 aliphatic heterocycles. The lowest BCUT2D eigenvalue weighted by Crippen LogP contribution is -2.32. The molecule has 0 N–H and O–H groups in total. The normalized spacial score (nSPS) is 21.3. The lowest BCUT2D eigenvalue weighted by atomic mass is 9.82. The first-order valence-corrected chi connectivity index (χ1v) is 15.5. The monoisotopic (exact) mass is 649 g/mol. The van der Waals surface area contributed by atoms with E-state index in [1.165, 1.54) is 22.6 Å². The molecule has 1 aromatic heterocycles. The number of hydrogen-bond acceptors (Lipinski definition) is 8. The van der Waals surface area contributed by atoms with E-state index in [4.69, 9.17) is 21.3 Å². The Morgan fingerprint density at radius 2 is 1.72 bits per heavy atom. The zero-order valence-electron chi connectivity index (χ0n) is 25.7. The van der Waals surface area contributed by atoms with Gasteiger partial charge in [0.05, 0.1) is 39.2 Å². The molecule has 2 heterocycles. The van der Waals surface area contributed by atoms with E-state index < -0.39 is 23.3 Å². The molecule has 0 radical (unpaired) electrons. The van der Waals surface area contributed by atoms with Crippen molar-refractivity contribution in [1.82, 2.24) is 4.98 Å². The Bertz CT molecular complexity index is 2110. The van der Waals surface area contributed by atoms with Gasteiger partial charge < -0.3 is 4.74 Å². The summed E-state index contributed by atoms with van der Waals surface area (Å²) in [6.07, 6.45) is 2.99. The van der Waals surface area contributed by atoms with E-state index in [0.717, 1.165) is 12.5 Å². The zero-order valence-corrected chi connectivity index (χ0v) is 26.4. The zero-order chi connectivity index (χ0) is 33.3. The first-order chi connectivity index (χ1) is 22.4. The maximum Gasteiger partial charge on any atom is 0.339 e. The number of anilines is 1. The van der Waals surface area contributed by atoms with E-state index in [9.17, 15) is 29.3 Å². The standard InChI is InChI=1S/C36H28ClN3O7/c1-17-4-5-21(14-29(17)40(45)46)30(41)16-47-36(44)26-15-28(38-33-19(3)27(37)11-10-24(26)33)20-6-8-23(9-7-20)39-34(42)31-22-12-18(2)25(13-22)32(31)35(39)43/h4-12,14-15,22,25,31-32H,13,16H2,1-3H3. The summed E-state index contributed by atoms with van der Waals surface area (Å²) in [5, 5.41) is 12.2. The minimum Gasteiger partial charge on any atom is -0.454 e. The molecule has 236 valence electrons. The third kappa shape index (κ3) is 4.91. The van der Waals surface area contributed by atoms with Crippen LogP contribution in [0.3, 0.4) is 0 Å². The number of amides is 2. The summed E-state index contributed by atoms with van der Waals surface area (Å²) < 4.78 is 5.42. The van der Waals surface area contributed by atoms with E-state index in [1.54, 1.807) is 56.3 Å². The molecule has 7 rings (SSSR count). The van der Waals surface area contributed by atoms with Crippen LogP contribution in [0.5, 0.6) is 0 Å². The van der Waals surface area contributed by atoms with Crippen molar-refractivity contribution in [3.63, 3.8) is 0 Å². The number of aromatic nitrogens is 1. The second-order valence-corrected chi connectivity index (χ2v) is 12.8. The van der Waals surface area contributed by atoms with Gasteiger partial charge in [0, 0.05) is 33.2 Å². The number of carbonyl (C=O) groups is 4. The number of ether oxygens (including phenoxy) is 1. The number of fused-ring (bicyclic) bond motifs is 6. The van der Waals surface area contributed by atoms with E-state index in [1.807, 2.05) is 6.92 Å². The van der Waals surface area contributed by atoms with Crippen LogP contribution >= 0.6 is 11.6 Å². The van der Waals surface area contributed by atoms with Gasteiger partial charge in [0.1, 0.15) is 0 Å². The lowest BCUT2D eigenvalue weighted by Gasteiger charge is -2.19. The van der Waals surface area contributed by atoms with Crippen molar-refractivity contribution in [2.24, 2.45) is 23.7 Å². The van der Waals surface area contributed by atoms with Gasteiger partial charge in [-0.05, 0) is 68.9 Å². The van der Waals surface area contributed by atoms with Gasteiger partial charge >= 0.3 is 5.97 Å². The smallest absolute Gasteiger partial charge is 0.339 e. The molecule has 1 saturated heterocycles. The fourth-order valence-corrected chi connectivity index (χ4v) is 7.46. The third-order valence-corrected chi connectivity index (χ3v) is 10.2. The number of rotatable bonds is 7. The number of ketones is 1. The van der Waals surface area contributed by atoms with E-state index >= 15 is 0 Å². The van der Waals surface area contributed by atoms with Crippen molar-refractivity contribution < 1.29 is 28.8 Å². The number of aryl methyl sites for hydroxylation is 2. The molecule has 4 aromatic rings. The van der Waals surface area contributed by atoms with Crippen LogP contribution in [0.25, 0.3) is 22.2 Å². The molecule has 0 spiro atoms. The number of Topliss-reactive ketones (excluding diaryl/α,β-unsaturated/α-hetero) is 1. The molecule has 2 fully saturated rings. The fourth-order valence-electron chi connectivity index (χ4n) is 7.30. The number of allylic oxidation sites excluding steroid dienone is 2. The molecule has 47 heavy (non-hydrogen) atoms. The van der Waals surface area contributed by atoms with Crippen LogP contribution in [0, 0.1) is 47.6 Å². The molecule has 3 aromatic carbocycles. The maximum absolute atomic E-state index is 13.5. The highest BCUT2D eigenvalue weighted by molar-refractivity contribution is 6.32. The van der Waals surface area contributed by atoms with Gasteiger partial charge in [-0.25, -0.2) is 9.78 Å². The van der Waals surface area contributed by atoms with Crippen LogP contribution in [-0.4, -0.2) is 40.1 Å². The van der Waals surface area contributed by atoms with E-state index in [2.05, 4.69) is 6.08 Å². The topological polar surface area (TPSA) is 137 Å². The number of imide groups is 1. The minimum absolute atomic E-state index is 0.0516. The molecule has 2 aliphatic carbocycles. The van der Waals surface area contributed by atoms with Crippen LogP contribution in [-0.2, 0) is 14.3 Å². The van der Waals surface area contributed by atoms with Crippen molar-refractivity contribution in [2.45, 2.75) is 27.2 Å². The number of benzene rings is 3. The molecule has 10 nitrogen and oxygen atoms in total. The van der Waals surface area contributed by atoms with Crippen LogP contribution in [0.2, 0.25) is 5.02 Å². The predicted molar refractivity (Wildman–Crippen MR) is 174 cm³/mol. The minimum atomic E-state index is -0.787. The number of nitro benzene ring substituents is 1. The van der Waals surface area contributed by atoms with Crippen LogP contribution < -0.4 is 4.90 Å². The first-order valence-electron chi connectivity index (χ1n) is 15.2. The Balaban J connectivity index is 1.17. The SMILES string of the molecule is CC1=CC2CC1C1C(=O)N(c3ccc(-c4cc(C(=O)OCC(=O)c5ccc(C)c([N+](=O)[O-])c5)c5ccc(Cl)c(C)c5n4)cc3)C(=O)C21. The number of nitrogens with zero attached hydrogens (tertiary/aromatic N) is 3. The van der Waals surface area contributed by atoms with Gasteiger partial charge in [0.2, 0.25) is 17.6 Å². The van der Waals surface area contributed by atoms with Gasteiger partial charge in [0.15, 0.2) is 6.61 Å². The highest BCUT2D eigenvalue weighted by Crippen LogP contribution is 2.56. The predicted octanol–water partition coefficient (Wildman–Crippen LogP) is 6.82. The summed E-state index contributed by atoms with van der Waals surface area (Å²) in [4.78, 5) is 70.0. The second kappa shape index (κ2) is 11.2. The van der Waals surface area contributed by atoms with Gasteiger partial charge in [-0.3, -0.25) is 29.4 Å². The van der Waals surface area contributed by atoms with Crippen molar-refractivity contribution in [3.05, 3.63) is 110 Å². The molecule has 11 heteroatoms. The van der Waals surface area contributed by atoms with Gasteiger partial charge in [0.25, 0.3) is 5.69 Å². The van der Waals surface area contributed by atoms with Crippen LogP contribution in [0.4, 0.5) is 11.4 Å². The quantitative estimate of drug-likeness (QED) is 0.0531. The van der Waals surface area contributed by atoms with E-state index in [-0.39, 0.29) is 52.3 Å². The third-order valence-electron chi connectivity index (χ3n) is 9.75. The first kappa shape index (κ1) is 30.4. The molecule has 1 saturated carbocycles. The summed E-state index contributed by atoms with van der Waals surface area (Å²) in [5.41, 5.74) is 4.19. The van der Waals surface area contributed by atoms with Crippen LogP contribution in [0.15, 0.2) is 72.3 Å². The van der Waals surface area contributed by atoms with Crippen molar-refractivity contribution in [2.75, 3.05) is 11.5 Å². The Hall–Kier alpha value is -5.22. The number of carbonyl (C=O) groups excluding carboxylic acids is 4. The Morgan fingerprint density at radius 1 is 1.00 bits per heavy atom. The summed E-state index contributed by atoms with van der Waals surface area (Å²) in [7, 11) is 0. The van der Waals surface area contributed by atoms with Crippen molar-refractivity contribution in [1.29, 1.82) is 0 Å². The molecular formula is C36H28ClN3O7. The average Bonchev–Trinajstić information content (AvgIpc) is 3.70. The number of pyridine rings is 1. The average molecular weight is 650 g/mol. The van der Waals surface area contributed by atoms with E-state index in [0.29, 0.717) is 44.0 Å². The summed E-state index contributed by atoms with van der Waals surface area (Å²) >= 11 is 6.41. The van der Waals surface area contributed by atoms with Gasteiger partial charge in [-0.1, -0.05) is 53.6 Å². The number of hydrogen-bond donors (Lipinski definition) is 0. The highest BCUT2D eigenvalue weighted by Gasteiger charge is 2.60. The fraction of sp³-hybridized carbons (Fsp3) is 0.250. The maximum atomic E-state index is 13.5. The van der Waals surface area contributed by atoms with Gasteiger partial charge in [-0.15, -0.1) is 0 Å². The molecule has 2 bridgehead atoms. The molecule has 4 atom stereocenters. The lowest BCUT2D eigenvalue weighted by molar-refractivity contribution is -0.385. The molecular weight excluding hydrogens is 622 g/mol. The van der Waals surface area contributed by atoms with Gasteiger partial charge in [-0.2, -0.15) is 0 Å². The second-order valence-electron chi connectivity index (χ2n) is 12.4. The Labute approximate surface area is 274 Å². The largest absolute Gasteiger partial charge is 0.454 e.